The summed E-state index contributed by atoms with van der Waals surface area (Å²) in [5, 5.41) is 13.5. The van der Waals surface area contributed by atoms with E-state index in [4.69, 9.17) is 0 Å². The molecule has 0 aromatic carbocycles. The zero-order valence-corrected chi connectivity index (χ0v) is 12.8. The predicted octanol–water partition coefficient (Wildman–Crippen LogP) is 2.32. The number of aliphatic hydroxyl groups excluding tert-OH is 1. The van der Waals surface area contributed by atoms with Crippen LogP contribution in [0.2, 0.25) is 0 Å². The van der Waals surface area contributed by atoms with Crippen molar-refractivity contribution in [2.24, 2.45) is 0 Å². The summed E-state index contributed by atoms with van der Waals surface area (Å²) in [5.74, 6) is 0.948. The maximum absolute atomic E-state index is 10.1. The number of aromatic nitrogens is 1. The molecule has 1 saturated carbocycles. The highest BCUT2D eigenvalue weighted by atomic mass is 16.3. The summed E-state index contributed by atoms with van der Waals surface area (Å²) >= 11 is 0. The maximum atomic E-state index is 10.1. The number of pyridine rings is 1. The molecule has 112 valence electrons. The Kier molecular flexibility index (Phi) is 5.38. The van der Waals surface area contributed by atoms with Crippen LogP contribution in [0.5, 0.6) is 0 Å². The van der Waals surface area contributed by atoms with Gasteiger partial charge in [0.2, 0.25) is 0 Å². The average molecular weight is 277 g/mol. The molecule has 1 heterocycles. The lowest BCUT2D eigenvalue weighted by molar-refractivity contribution is 0.106. The van der Waals surface area contributed by atoms with Gasteiger partial charge in [0.25, 0.3) is 0 Å². The number of hydrogen-bond donors (Lipinski definition) is 2. The smallest absolute Gasteiger partial charge is 0.128 e. The summed E-state index contributed by atoms with van der Waals surface area (Å²) in [4.78, 5) is 6.67. The third kappa shape index (κ3) is 3.93. The first-order valence-corrected chi connectivity index (χ1v) is 7.67. The third-order valence-corrected chi connectivity index (χ3v) is 4.08. The van der Waals surface area contributed by atoms with Gasteiger partial charge in [-0.15, -0.1) is 0 Å². The quantitative estimate of drug-likeness (QED) is 0.867. The Morgan fingerprint density at radius 2 is 2.10 bits per heavy atom. The highest BCUT2D eigenvalue weighted by Crippen LogP contribution is 2.25. The van der Waals surface area contributed by atoms with Crippen LogP contribution in [0.25, 0.3) is 0 Å². The average Bonchev–Trinajstić information content (AvgIpc) is 2.45. The normalized spacial score (nSPS) is 23.1. The lowest BCUT2D eigenvalue weighted by atomic mass is 9.91. The maximum Gasteiger partial charge on any atom is 0.128 e. The molecule has 2 N–H and O–H groups in total. The number of nitrogens with one attached hydrogen (secondary N) is 1. The number of aliphatic hydroxyl groups is 1. The summed E-state index contributed by atoms with van der Waals surface area (Å²) < 4.78 is 0. The Bertz CT molecular complexity index is 405. The molecule has 4 heteroatoms. The highest BCUT2D eigenvalue weighted by molar-refractivity contribution is 5.40. The van der Waals surface area contributed by atoms with Gasteiger partial charge in [-0.3, -0.25) is 0 Å². The van der Waals surface area contributed by atoms with Crippen LogP contribution < -0.4 is 10.2 Å². The molecule has 0 aliphatic heterocycles. The number of hydrogen-bond acceptors (Lipinski definition) is 4. The minimum atomic E-state index is -0.224. The van der Waals surface area contributed by atoms with Crippen molar-refractivity contribution in [2.45, 2.75) is 64.3 Å². The van der Waals surface area contributed by atoms with E-state index >= 15 is 0 Å². The van der Waals surface area contributed by atoms with Crippen molar-refractivity contribution in [2.75, 3.05) is 11.9 Å². The van der Waals surface area contributed by atoms with E-state index in [1.165, 1.54) is 12.0 Å². The minimum Gasteiger partial charge on any atom is -0.391 e. The van der Waals surface area contributed by atoms with Gasteiger partial charge in [-0.2, -0.15) is 0 Å². The summed E-state index contributed by atoms with van der Waals surface area (Å²) in [6.45, 7) is 5.13. The van der Waals surface area contributed by atoms with Crippen LogP contribution in [0.1, 0.15) is 45.1 Å². The number of likely N-dealkylation sites (N-methyl/N-ethyl adjacent to an activating group) is 1. The van der Waals surface area contributed by atoms with E-state index in [0.717, 1.165) is 31.6 Å². The Balaban J connectivity index is 1.97. The molecule has 4 nitrogen and oxygen atoms in total. The van der Waals surface area contributed by atoms with Gasteiger partial charge >= 0.3 is 0 Å². The van der Waals surface area contributed by atoms with Crippen LogP contribution in [-0.2, 0) is 6.54 Å². The Hall–Kier alpha value is -1.13. The number of anilines is 1. The lowest BCUT2D eigenvalue weighted by Crippen LogP contribution is -2.43. The molecule has 1 aliphatic rings. The fourth-order valence-corrected chi connectivity index (χ4v) is 2.77. The van der Waals surface area contributed by atoms with Crippen molar-refractivity contribution in [3.05, 3.63) is 23.9 Å². The highest BCUT2D eigenvalue weighted by Gasteiger charge is 2.27. The second kappa shape index (κ2) is 7.04. The first-order valence-electron chi connectivity index (χ1n) is 7.67. The molecule has 0 spiro atoms. The van der Waals surface area contributed by atoms with Crippen molar-refractivity contribution >= 4 is 5.82 Å². The van der Waals surface area contributed by atoms with Crippen LogP contribution >= 0.6 is 0 Å². The van der Waals surface area contributed by atoms with Crippen LogP contribution in [0.3, 0.4) is 0 Å². The van der Waals surface area contributed by atoms with Crippen LogP contribution in [0.4, 0.5) is 5.82 Å². The Morgan fingerprint density at radius 3 is 2.70 bits per heavy atom. The minimum absolute atomic E-state index is 0.205. The van der Waals surface area contributed by atoms with Crippen LogP contribution in [0.15, 0.2) is 18.3 Å². The summed E-state index contributed by atoms with van der Waals surface area (Å²) in [7, 11) is 2.04. The second-order valence-electron chi connectivity index (χ2n) is 6.09. The molecule has 2 rings (SSSR count). The second-order valence-corrected chi connectivity index (χ2v) is 6.09. The van der Waals surface area contributed by atoms with E-state index in [1.54, 1.807) is 0 Å². The van der Waals surface area contributed by atoms with Gasteiger partial charge in [-0.25, -0.2) is 4.98 Å². The van der Waals surface area contributed by atoms with Crippen LogP contribution in [-0.4, -0.2) is 35.3 Å². The largest absolute Gasteiger partial charge is 0.391 e. The van der Waals surface area contributed by atoms with Gasteiger partial charge in [0, 0.05) is 25.8 Å². The molecule has 1 aromatic rings. The molecule has 20 heavy (non-hydrogen) atoms. The molecule has 0 bridgehead atoms. The van der Waals surface area contributed by atoms with Crippen molar-refractivity contribution in [3.63, 3.8) is 0 Å². The molecular weight excluding hydrogens is 250 g/mol. The van der Waals surface area contributed by atoms with E-state index in [2.05, 4.69) is 41.2 Å². The van der Waals surface area contributed by atoms with Gasteiger partial charge in [-0.1, -0.05) is 32.8 Å². The van der Waals surface area contributed by atoms with Gasteiger partial charge in [-0.05, 0) is 24.5 Å². The van der Waals surface area contributed by atoms with Gasteiger partial charge < -0.3 is 15.3 Å². The molecule has 1 aromatic heterocycles. The standard InChI is InChI=1S/C16H27N3O/c1-12(2)17-10-13-8-9-16(18-11-13)19(3)14-6-4-5-7-15(14)20/h8-9,11-12,14-15,17,20H,4-7,10H2,1-3H3. The van der Waals surface area contributed by atoms with Gasteiger partial charge in [0.15, 0.2) is 0 Å². The van der Waals surface area contributed by atoms with Crippen molar-refractivity contribution in [3.8, 4) is 0 Å². The van der Waals surface area contributed by atoms with Crippen molar-refractivity contribution in [1.82, 2.24) is 10.3 Å². The van der Waals surface area contributed by atoms with E-state index in [1.807, 2.05) is 13.2 Å². The number of rotatable bonds is 5. The molecule has 0 saturated heterocycles. The van der Waals surface area contributed by atoms with Gasteiger partial charge in [0.05, 0.1) is 12.1 Å². The summed E-state index contributed by atoms with van der Waals surface area (Å²) in [6.07, 6.45) is 6.00. The predicted molar refractivity (Wildman–Crippen MR) is 82.9 cm³/mol. The van der Waals surface area contributed by atoms with Gasteiger partial charge in [0.1, 0.15) is 5.82 Å². The number of nitrogens with zero attached hydrogens (tertiary/aromatic N) is 2. The van der Waals surface area contributed by atoms with E-state index in [9.17, 15) is 5.11 Å². The molecular formula is C16H27N3O. The molecule has 2 atom stereocenters. The summed E-state index contributed by atoms with van der Waals surface area (Å²) in [5.41, 5.74) is 1.19. The molecule has 2 unspecified atom stereocenters. The fourth-order valence-electron chi connectivity index (χ4n) is 2.77. The summed E-state index contributed by atoms with van der Waals surface area (Å²) in [6, 6.07) is 4.85. The monoisotopic (exact) mass is 277 g/mol. The lowest BCUT2D eigenvalue weighted by Gasteiger charge is -2.35. The Labute approximate surface area is 122 Å². The van der Waals surface area contributed by atoms with Crippen LogP contribution in [0, 0.1) is 0 Å². The van der Waals surface area contributed by atoms with E-state index in [0.29, 0.717) is 6.04 Å². The van der Waals surface area contributed by atoms with Crippen molar-refractivity contribution in [1.29, 1.82) is 0 Å². The van der Waals surface area contributed by atoms with E-state index in [-0.39, 0.29) is 12.1 Å². The fraction of sp³-hybridized carbons (Fsp3) is 0.688. The first kappa shape index (κ1) is 15.3. The Morgan fingerprint density at radius 1 is 1.35 bits per heavy atom. The molecule has 1 aliphatic carbocycles. The third-order valence-electron chi connectivity index (χ3n) is 4.08. The topological polar surface area (TPSA) is 48.4 Å². The zero-order chi connectivity index (χ0) is 14.5. The van der Waals surface area contributed by atoms with Crippen molar-refractivity contribution < 1.29 is 5.11 Å². The SMILES string of the molecule is CC(C)NCc1ccc(N(C)C2CCCCC2O)nc1. The molecule has 0 radical (unpaired) electrons. The first-order chi connectivity index (χ1) is 9.58. The zero-order valence-electron chi connectivity index (χ0n) is 12.8. The molecule has 0 amide bonds. The van der Waals surface area contributed by atoms with E-state index < -0.39 is 0 Å². The molecule has 1 fully saturated rings.